The van der Waals surface area contributed by atoms with Gasteiger partial charge in [0.05, 0.1) is 10.5 Å². The normalized spacial score (nSPS) is 19.2. The second-order valence-electron chi connectivity index (χ2n) is 10.7. The maximum atomic E-state index is 15.1. The number of hydrogen-bond donors (Lipinski definition) is 1. The first-order valence-electron chi connectivity index (χ1n) is 13.9. The molecule has 2 aromatic carbocycles. The third kappa shape index (κ3) is 5.85. The van der Waals surface area contributed by atoms with Crippen LogP contribution in [0.5, 0.6) is 0 Å². The maximum absolute atomic E-state index is 15.1. The lowest BCUT2D eigenvalue weighted by Crippen LogP contribution is -2.47. The van der Waals surface area contributed by atoms with Crippen molar-refractivity contribution < 1.29 is 12.8 Å². The molecule has 1 aromatic heterocycles. The Hall–Kier alpha value is -3.76. The third-order valence-corrected chi connectivity index (χ3v) is 8.96. The van der Waals surface area contributed by atoms with Gasteiger partial charge in [-0.15, -0.1) is 0 Å². The van der Waals surface area contributed by atoms with Crippen LogP contribution in [0.2, 0.25) is 0 Å². The summed E-state index contributed by atoms with van der Waals surface area (Å²) in [7, 11) is -1.44. The smallest absolute Gasteiger partial charge is 0.260 e. The highest BCUT2D eigenvalue weighted by Gasteiger charge is 2.26. The molecule has 5 rings (SSSR count). The lowest BCUT2D eigenvalue weighted by atomic mass is 10.1. The van der Waals surface area contributed by atoms with Gasteiger partial charge >= 0.3 is 0 Å². The summed E-state index contributed by atoms with van der Waals surface area (Å²) in [6.45, 7) is 8.28. The van der Waals surface area contributed by atoms with E-state index in [0.29, 0.717) is 23.7 Å². The molecular formula is C31H36FN5O3S. The van der Waals surface area contributed by atoms with Crippen LogP contribution in [0.15, 0.2) is 75.4 Å². The number of halogens is 1. The third-order valence-electron chi connectivity index (χ3n) is 7.85. The van der Waals surface area contributed by atoms with Crippen LogP contribution in [0.3, 0.4) is 0 Å². The zero-order valence-electron chi connectivity index (χ0n) is 23.9. The Balaban J connectivity index is 1.53. The minimum absolute atomic E-state index is 0.0503. The van der Waals surface area contributed by atoms with E-state index in [2.05, 4.69) is 46.4 Å². The Kier molecular flexibility index (Phi) is 7.89. The fraction of sp³-hybridized carbons (Fsp3) is 0.355. The summed E-state index contributed by atoms with van der Waals surface area (Å²) in [4.78, 5) is 23.3. The van der Waals surface area contributed by atoms with Gasteiger partial charge in [-0.2, -0.15) is 0 Å². The van der Waals surface area contributed by atoms with Crippen LogP contribution >= 0.6 is 0 Å². The van der Waals surface area contributed by atoms with E-state index in [1.165, 1.54) is 17.8 Å². The quantitative estimate of drug-likeness (QED) is 0.465. The highest BCUT2D eigenvalue weighted by molar-refractivity contribution is 7.90. The second-order valence-corrected chi connectivity index (χ2v) is 12.7. The van der Waals surface area contributed by atoms with E-state index in [-0.39, 0.29) is 16.0 Å². The van der Waals surface area contributed by atoms with Crippen molar-refractivity contribution in [3.8, 4) is 11.1 Å². The molecular weight excluding hydrogens is 541 g/mol. The summed E-state index contributed by atoms with van der Waals surface area (Å²) in [6.07, 6.45) is 7.39. The number of nitrogens with zero attached hydrogens (tertiary/aromatic N) is 4. The van der Waals surface area contributed by atoms with Gasteiger partial charge in [-0.3, -0.25) is 9.36 Å². The molecule has 2 aliphatic rings. The fourth-order valence-corrected chi connectivity index (χ4v) is 5.95. The number of likely N-dealkylation sites (N-methyl/N-ethyl adjacent to an activating group) is 1. The predicted molar refractivity (Wildman–Crippen MR) is 162 cm³/mol. The van der Waals surface area contributed by atoms with Gasteiger partial charge in [0.15, 0.2) is 15.5 Å². The van der Waals surface area contributed by atoms with Crippen molar-refractivity contribution in [1.82, 2.24) is 9.47 Å². The number of pyridine rings is 1. The average molecular weight is 578 g/mol. The van der Waals surface area contributed by atoms with E-state index in [1.54, 1.807) is 10.6 Å². The minimum Gasteiger partial charge on any atom is -0.369 e. The number of piperazine rings is 1. The molecule has 1 atom stereocenters. The average Bonchev–Trinajstić information content (AvgIpc) is 3.12. The highest BCUT2D eigenvalue weighted by atomic mass is 32.2. The number of sulfone groups is 1. The molecule has 3 heterocycles. The monoisotopic (exact) mass is 577 g/mol. The van der Waals surface area contributed by atoms with E-state index in [9.17, 15) is 13.2 Å². The molecule has 8 nitrogen and oxygen atoms in total. The first kappa shape index (κ1) is 28.8. The predicted octanol–water partition coefficient (Wildman–Crippen LogP) is 3.02. The molecule has 1 unspecified atom stereocenters. The van der Waals surface area contributed by atoms with Gasteiger partial charge < -0.3 is 15.1 Å². The Morgan fingerprint density at radius 2 is 1.71 bits per heavy atom. The van der Waals surface area contributed by atoms with Crippen LogP contribution in [0.1, 0.15) is 20.3 Å². The number of nitrogens with one attached hydrogen (secondary N) is 1. The number of anilines is 2. The fourth-order valence-electron chi connectivity index (χ4n) is 5.32. The molecule has 0 amide bonds. The van der Waals surface area contributed by atoms with Gasteiger partial charge in [0.1, 0.15) is 11.3 Å². The van der Waals surface area contributed by atoms with Crippen LogP contribution in [0, 0.1) is 5.82 Å². The van der Waals surface area contributed by atoms with Gasteiger partial charge in [0, 0.05) is 61.1 Å². The van der Waals surface area contributed by atoms with Crippen LogP contribution in [-0.4, -0.2) is 63.0 Å². The van der Waals surface area contributed by atoms with Gasteiger partial charge in [-0.05, 0) is 75.0 Å². The van der Waals surface area contributed by atoms with Crippen molar-refractivity contribution >= 4 is 27.3 Å². The zero-order chi connectivity index (χ0) is 29.4. The molecule has 3 aromatic rings. The summed E-state index contributed by atoms with van der Waals surface area (Å²) in [5.41, 5.74) is 1.61. The molecule has 0 radical (unpaired) electrons. The molecule has 2 aliphatic heterocycles. The molecule has 1 saturated heterocycles. The van der Waals surface area contributed by atoms with E-state index in [0.717, 1.165) is 44.2 Å². The number of aromatic nitrogens is 1. The molecule has 0 saturated carbocycles. The highest BCUT2D eigenvalue weighted by Crippen LogP contribution is 2.26. The van der Waals surface area contributed by atoms with E-state index >= 15 is 4.39 Å². The zero-order valence-corrected chi connectivity index (χ0v) is 24.7. The largest absolute Gasteiger partial charge is 0.369 e. The van der Waals surface area contributed by atoms with Crippen molar-refractivity contribution in [2.24, 2.45) is 4.99 Å². The number of fused-ring (bicyclic) bond motifs is 1. The Morgan fingerprint density at radius 1 is 1.00 bits per heavy atom. The molecule has 0 spiro atoms. The summed E-state index contributed by atoms with van der Waals surface area (Å²) in [6, 6.07) is 13.6. The first-order chi connectivity index (χ1) is 19.5. The van der Waals surface area contributed by atoms with Crippen molar-refractivity contribution in [3.05, 3.63) is 87.6 Å². The summed E-state index contributed by atoms with van der Waals surface area (Å²) in [5, 5.41) is 4.25. The Morgan fingerprint density at radius 3 is 2.32 bits per heavy atom. The van der Waals surface area contributed by atoms with Crippen molar-refractivity contribution in [3.63, 3.8) is 0 Å². The summed E-state index contributed by atoms with van der Waals surface area (Å²) in [5.74, 6) is -0.765. The van der Waals surface area contributed by atoms with E-state index in [4.69, 9.17) is 4.99 Å². The molecule has 216 valence electrons. The van der Waals surface area contributed by atoms with Crippen LogP contribution in [-0.2, 0) is 16.4 Å². The van der Waals surface area contributed by atoms with Crippen LogP contribution < -0.4 is 26.5 Å². The molecule has 10 heteroatoms. The van der Waals surface area contributed by atoms with Crippen molar-refractivity contribution in [1.29, 1.82) is 0 Å². The standard InChI is InChI=1S/C31H36FN5O3S/c1-5-31(33-23-9-11-24(12-10-23)36-18-16-35(3)17-19-36)15-7-8-22-20-27(30(38)37(6-2)29(22)34-31)26-14-13-25(21-28(26)32)41(4,39)40/h7-15,20-21,33H,5-6,16-19H2,1-4H3. The second kappa shape index (κ2) is 11.3. The SMILES string of the molecule is CCn1c(=O)c(-c2ccc(S(C)(=O)=O)cc2F)cc2c1=NC(CC)(Nc1ccc(N3CCN(C)CC3)cc1)C=CC=2. The van der Waals surface area contributed by atoms with Gasteiger partial charge in [0.25, 0.3) is 5.56 Å². The molecule has 0 aliphatic carbocycles. The van der Waals surface area contributed by atoms with Crippen LogP contribution in [0.4, 0.5) is 15.8 Å². The van der Waals surface area contributed by atoms with Gasteiger partial charge in [-0.1, -0.05) is 19.1 Å². The lowest BCUT2D eigenvalue weighted by Gasteiger charge is -2.34. The topological polar surface area (TPSA) is 87.0 Å². The van der Waals surface area contributed by atoms with Crippen LogP contribution in [0.25, 0.3) is 17.2 Å². The van der Waals surface area contributed by atoms with Gasteiger partial charge in [-0.25, -0.2) is 17.8 Å². The maximum Gasteiger partial charge on any atom is 0.260 e. The van der Waals surface area contributed by atoms with E-state index < -0.39 is 26.9 Å². The van der Waals surface area contributed by atoms with Crippen molar-refractivity contribution in [2.75, 3.05) is 49.7 Å². The summed E-state index contributed by atoms with van der Waals surface area (Å²) >= 11 is 0. The molecule has 0 bridgehead atoms. The molecule has 41 heavy (non-hydrogen) atoms. The first-order valence-corrected chi connectivity index (χ1v) is 15.8. The number of rotatable bonds is 7. The lowest BCUT2D eigenvalue weighted by molar-refractivity contribution is 0.313. The molecule has 1 fully saturated rings. The number of benzene rings is 2. The van der Waals surface area contributed by atoms with E-state index in [1.807, 2.05) is 32.1 Å². The Labute approximate surface area is 240 Å². The van der Waals surface area contributed by atoms with Crippen molar-refractivity contribution in [2.45, 2.75) is 37.4 Å². The summed E-state index contributed by atoms with van der Waals surface area (Å²) < 4.78 is 40.4. The van der Waals surface area contributed by atoms with Gasteiger partial charge in [0.2, 0.25) is 0 Å². The minimum atomic E-state index is -3.58. The Bertz CT molecular complexity index is 1780. The number of hydrogen-bond acceptors (Lipinski definition) is 7. The molecule has 1 N–H and O–H groups in total. The number of allylic oxidation sites excluding steroid dienone is 1.